The molecule has 1 heterocycles. The number of nitrogen functional groups attached to an aromatic ring is 1. The molecular formula is C13H17N3O3S. The van der Waals surface area contributed by atoms with Gasteiger partial charge in [-0.15, -0.1) is 0 Å². The summed E-state index contributed by atoms with van der Waals surface area (Å²) in [5.41, 5.74) is 7.23. The van der Waals surface area contributed by atoms with Gasteiger partial charge in [0.2, 0.25) is 5.91 Å². The van der Waals surface area contributed by atoms with Crippen LogP contribution in [-0.2, 0) is 15.6 Å². The second-order valence-electron chi connectivity index (χ2n) is 4.80. The standard InChI is InChI=1S/C13H17N3O3S/c1-8(2)16(3)12(17)7-20(18)13-15-10-5-4-9(14)6-11(10)19-13/h4-6,8H,7,14H2,1-3H3. The number of hydrogen-bond acceptors (Lipinski definition) is 5. The summed E-state index contributed by atoms with van der Waals surface area (Å²) < 4.78 is 17.5. The zero-order valence-corrected chi connectivity index (χ0v) is 12.4. The van der Waals surface area contributed by atoms with E-state index < -0.39 is 10.8 Å². The van der Waals surface area contributed by atoms with Gasteiger partial charge in [0.1, 0.15) is 22.1 Å². The maximum absolute atomic E-state index is 12.1. The molecule has 0 saturated carbocycles. The Bertz CT molecular complexity index is 666. The fourth-order valence-corrected chi connectivity index (χ4v) is 2.52. The van der Waals surface area contributed by atoms with Crippen LogP contribution in [0.3, 0.4) is 0 Å². The molecule has 0 fully saturated rings. The van der Waals surface area contributed by atoms with Crippen molar-refractivity contribution in [2.24, 2.45) is 0 Å². The van der Waals surface area contributed by atoms with E-state index in [-0.39, 0.29) is 22.9 Å². The molecule has 0 radical (unpaired) electrons. The fourth-order valence-electron chi connectivity index (χ4n) is 1.58. The SMILES string of the molecule is CC(C)N(C)C(=O)CS(=O)c1nc2ccc(N)cc2o1. The molecule has 7 heteroatoms. The lowest BCUT2D eigenvalue weighted by Gasteiger charge is -2.20. The van der Waals surface area contributed by atoms with Crippen molar-refractivity contribution < 1.29 is 13.4 Å². The molecule has 0 aliphatic heterocycles. The molecule has 6 nitrogen and oxygen atoms in total. The van der Waals surface area contributed by atoms with Crippen LogP contribution in [0, 0.1) is 0 Å². The number of carbonyl (C=O) groups excluding carboxylic acids is 1. The van der Waals surface area contributed by atoms with Gasteiger partial charge in [-0.1, -0.05) is 0 Å². The molecule has 0 spiro atoms. The van der Waals surface area contributed by atoms with Crippen molar-refractivity contribution in [1.29, 1.82) is 0 Å². The molecule has 2 aromatic rings. The first kappa shape index (κ1) is 14.5. The molecular weight excluding hydrogens is 278 g/mol. The summed E-state index contributed by atoms with van der Waals surface area (Å²) in [5.74, 6) is -0.350. The van der Waals surface area contributed by atoms with Gasteiger partial charge in [0.25, 0.3) is 5.22 Å². The lowest BCUT2D eigenvalue weighted by Crippen LogP contribution is -2.36. The first-order valence-corrected chi connectivity index (χ1v) is 7.50. The second-order valence-corrected chi connectivity index (χ2v) is 6.12. The van der Waals surface area contributed by atoms with Crippen LogP contribution in [0.5, 0.6) is 0 Å². The number of amides is 1. The van der Waals surface area contributed by atoms with Crippen LogP contribution in [-0.4, -0.2) is 38.8 Å². The van der Waals surface area contributed by atoms with Crippen LogP contribution < -0.4 is 5.73 Å². The van der Waals surface area contributed by atoms with Gasteiger partial charge >= 0.3 is 0 Å². The van der Waals surface area contributed by atoms with Crippen LogP contribution in [0.15, 0.2) is 27.8 Å². The number of carbonyl (C=O) groups is 1. The van der Waals surface area contributed by atoms with Gasteiger partial charge in [-0.3, -0.25) is 4.79 Å². The number of oxazole rings is 1. The number of rotatable bonds is 4. The number of anilines is 1. The lowest BCUT2D eigenvalue weighted by molar-refractivity contribution is -0.128. The molecule has 2 N–H and O–H groups in total. The highest BCUT2D eigenvalue weighted by Gasteiger charge is 2.20. The topological polar surface area (TPSA) is 89.4 Å². The number of aromatic nitrogens is 1. The molecule has 1 atom stereocenters. The molecule has 108 valence electrons. The second kappa shape index (κ2) is 5.62. The smallest absolute Gasteiger partial charge is 0.288 e. The van der Waals surface area contributed by atoms with Crippen LogP contribution in [0.1, 0.15) is 13.8 Å². The zero-order valence-electron chi connectivity index (χ0n) is 11.6. The summed E-state index contributed by atoms with van der Waals surface area (Å²) in [7, 11) is 0.0779. The maximum atomic E-state index is 12.1. The Labute approximate surface area is 119 Å². The Morgan fingerprint density at radius 3 is 2.85 bits per heavy atom. The van der Waals surface area contributed by atoms with Gasteiger partial charge in [-0.05, 0) is 26.0 Å². The Balaban J connectivity index is 2.17. The van der Waals surface area contributed by atoms with Crippen molar-refractivity contribution in [2.75, 3.05) is 18.5 Å². The van der Waals surface area contributed by atoms with E-state index >= 15 is 0 Å². The van der Waals surface area contributed by atoms with E-state index in [2.05, 4.69) is 4.98 Å². The monoisotopic (exact) mass is 295 g/mol. The Morgan fingerprint density at radius 2 is 2.20 bits per heavy atom. The van der Waals surface area contributed by atoms with E-state index in [1.807, 2.05) is 13.8 Å². The number of fused-ring (bicyclic) bond motifs is 1. The van der Waals surface area contributed by atoms with Crippen molar-refractivity contribution in [2.45, 2.75) is 25.1 Å². The highest BCUT2D eigenvalue weighted by Crippen LogP contribution is 2.20. The third kappa shape index (κ3) is 2.98. The van der Waals surface area contributed by atoms with Crippen LogP contribution in [0.4, 0.5) is 5.69 Å². The molecule has 1 unspecified atom stereocenters. The summed E-state index contributed by atoms with van der Waals surface area (Å²) in [4.78, 5) is 17.5. The number of benzene rings is 1. The van der Waals surface area contributed by atoms with Crippen molar-refractivity contribution in [1.82, 2.24) is 9.88 Å². The number of nitrogens with zero attached hydrogens (tertiary/aromatic N) is 2. The zero-order chi connectivity index (χ0) is 14.9. The van der Waals surface area contributed by atoms with E-state index in [1.54, 1.807) is 30.1 Å². The first-order chi connectivity index (χ1) is 9.38. The predicted molar refractivity (Wildman–Crippen MR) is 77.6 cm³/mol. The first-order valence-electron chi connectivity index (χ1n) is 6.18. The summed E-state index contributed by atoms with van der Waals surface area (Å²) in [5, 5.41) is 0.0520. The summed E-state index contributed by atoms with van der Waals surface area (Å²) in [6, 6.07) is 5.06. The van der Waals surface area contributed by atoms with Crippen molar-refractivity contribution >= 4 is 33.5 Å². The largest absolute Gasteiger partial charge is 0.430 e. The van der Waals surface area contributed by atoms with Crippen molar-refractivity contribution in [3.05, 3.63) is 18.2 Å². The predicted octanol–water partition coefficient (Wildman–Crippen LogP) is 1.38. The van der Waals surface area contributed by atoms with E-state index in [0.717, 1.165) is 0 Å². The van der Waals surface area contributed by atoms with Crippen molar-refractivity contribution in [3.63, 3.8) is 0 Å². The van der Waals surface area contributed by atoms with Gasteiger partial charge in [0, 0.05) is 24.8 Å². The van der Waals surface area contributed by atoms with Gasteiger partial charge in [-0.25, -0.2) is 9.19 Å². The molecule has 0 bridgehead atoms. The summed E-state index contributed by atoms with van der Waals surface area (Å²) in [6.45, 7) is 3.78. The van der Waals surface area contributed by atoms with Crippen molar-refractivity contribution in [3.8, 4) is 0 Å². The maximum Gasteiger partial charge on any atom is 0.288 e. The van der Waals surface area contributed by atoms with Gasteiger partial charge in [0.05, 0.1) is 0 Å². The lowest BCUT2D eigenvalue weighted by atomic mass is 10.3. The Kier molecular flexibility index (Phi) is 4.08. The molecule has 0 saturated heterocycles. The fraction of sp³-hybridized carbons (Fsp3) is 0.385. The minimum absolute atomic E-state index is 0.0520. The van der Waals surface area contributed by atoms with Gasteiger partial charge in [0.15, 0.2) is 5.58 Å². The highest BCUT2D eigenvalue weighted by atomic mass is 32.2. The Morgan fingerprint density at radius 1 is 1.50 bits per heavy atom. The average molecular weight is 295 g/mol. The normalized spacial score (nSPS) is 12.8. The van der Waals surface area contributed by atoms with E-state index in [4.69, 9.17) is 10.2 Å². The molecule has 1 aromatic carbocycles. The molecule has 20 heavy (non-hydrogen) atoms. The van der Waals surface area contributed by atoms with Gasteiger partial charge in [-0.2, -0.15) is 0 Å². The number of nitrogens with two attached hydrogens (primary N) is 1. The summed E-state index contributed by atoms with van der Waals surface area (Å²) >= 11 is 0. The molecule has 2 rings (SSSR count). The molecule has 0 aliphatic rings. The van der Waals surface area contributed by atoms with Crippen LogP contribution >= 0.6 is 0 Å². The quantitative estimate of drug-likeness (QED) is 0.861. The molecule has 0 aliphatic carbocycles. The van der Waals surface area contributed by atoms with Gasteiger partial charge < -0.3 is 15.1 Å². The Hall–Kier alpha value is -1.89. The minimum atomic E-state index is -1.60. The third-order valence-corrected chi connectivity index (χ3v) is 4.08. The molecule has 1 amide bonds. The minimum Gasteiger partial charge on any atom is -0.430 e. The van der Waals surface area contributed by atoms with E-state index in [0.29, 0.717) is 16.8 Å². The van der Waals surface area contributed by atoms with E-state index in [9.17, 15) is 9.00 Å². The highest BCUT2D eigenvalue weighted by molar-refractivity contribution is 7.85. The average Bonchev–Trinajstić information content (AvgIpc) is 2.80. The van der Waals surface area contributed by atoms with Crippen LogP contribution in [0.2, 0.25) is 0 Å². The van der Waals surface area contributed by atoms with Crippen LogP contribution in [0.25, 0.3) is 11.1 Å². The third-order valence-electron chi connectivity index (χ3n) is 3.01. The molecule has 1 aromatic heterocycles. The van der Waals surface area contributed by atoms with E-state index in [1.165, 1.54) is 0 Å². The summed E-state index contributed by atoms with van der Waals surface area (Å²) in [6.07, 6.45) is 0. The number of hydrogen-bond donors (Lipinski definition) is 1.